The predicted octanol–water partition coefficient (Wildman–Crippen LogP) is 6.40. The van der Waals surface area contributed by atoms with Gasteiger partial charge in [0, 0.05) is 11.4 Å². The van der Waals surface area contributed by atoms with E-state index in [-0.39, 0.29) is 29.4 Å². The van der Waals surface area contributed by atoms with E-state index in [1.54, 1.807) is 37.3 Å². The van der Waals surface area contributed by atoms with Crippen molar-refractivity contribution < 1.29 is 18.7 Å². The van der Waals surface area contributed by atoms with Crippen molar-refractivity contribution in [2.24, 2.45) is 0 Å². The molecule has 2 heterocycles. The molecule has 4 rings (SSSR count). The minimum Gasteiger partial charge on any atom is -0.468 e. The Hall–Kier alpha value is -3.64. The van der Waals surface area contributed by atoms with Gasteiger partial charge in [0.05, 0.1) is 50.2 Å². The van der Waals surface area contributed by atoms with Crippen LogP contribution in [0.5, 0.6) is 0 Å². The Balaban J connectivity index is 1.53. The molecule has 1 aliphatic heterocycles. The molecule has 0 saturated heterocycles. The Labute approximate surface area is 228 Å². The first-order chi connectivity index (χ1) is 17.9. The molecule has 1 amide bonds. The van der Waals surface area contributed by atoms with Gasteiger partial charge in [-0.05, 0) is 42.8 Å². The number of hydrogen-bond donors (Lipinski definition) is 2. The van der Waals surface area contributed by atoms with Gasteiger partial charge in [0.2, 0.25) is 5.91 Å². The molecule has 10 heteroatoms. The maximum absolute atomic E-state index is 13.2. The second-order valence-electron chi connectivity index (χ2n) is 7.99. The van der Waals surface area contributed by atoms with Gasteiger partial charge in [0.15, 0.2) is 0 Å². The zero-order valence-electron chi connectivity index (χ0n) is 19.6. The average molecular weight is 554 g/mol. The predicted molar refractivity (Wildman–Crippen MR) is 144 cm³/mol. The van der Waals surface area contributed by atoms with Crippen molar-refractivity contribution in [3.63, 3.8) is 0 Å². The molecule has 7 nitrogen and oxygen atoms in total. The highest BCUT2D eigenvalue weighted by Gasteiger charge is 2.37. The molecule has 3 aromatic rings. The van der Waals surface area contributed by atoms with Crippen molar-refractivity contribution in [1.82, 2.24) is 5.32 Å². The number of allylic oxidation sites excluding steroid dienone is 2. The van der Waals surface area contributed by atoms with Crippen LogP contribution in [0.1, 0.15) is 24.2 Å². The Morgan fingerprint density at radius 1 is 1.14 bits per heavy atom. The van der Waals surface area contributed by atoms with Crippen LogP contribution in [0.3, 0.4) is 0 Å². The second-order valence-corrected chi connectivity index (χ2v) is 9.79. The van der Waals surface area contributed by atoms with Crippen LogP contribution in [0.2, 0.25) is 10.0 Å². The molecule has 0 saturated carbocycles. The molecule has 1 aromatic heterocycles. The van der Waals surface area contributed by atoms with Crippen LogP contribution in [0.4, 0.5) is 5.69 Å². The minimum atomic E-state index is -0.787. The van der Waals surface area contributed by atoms with Crippen molar-refractivity contribution in [1.29, 1.82) is 5.26 Å². The monoisotopic (exact) mass is 553 g/mol. The summed E-state index contributed by atoms with van der Waals surface area (Å²) in [4.78, 5) is 25.8. The third-order valence-corrected chi connectivity index (χ3v) is 7.21. The number of carbonyl (C=O) groups excluding carboxylic acids is 2. The van der Waals surface area contributed by atoms with E-state index in [9.17, 15) is 14.9 Å². The van der Waals surface area contributed by atoms with Crippen LogP contribution in [-0.2, 0) is 20.9 Å². The van der Waals surface area contributed by atoms with Gasteiger partial charge in [-0.3, -0.25) is 4.79 Å². The molecule has 0 bridgehead atoms. The lowest BCUT2D eigenvalue weighted by Gasteiger charge is -2.28. The lowest BCUT2D eigenvalue weighted by molar-refractivity contribution is -0.140. The van der Waals surface area contributed by atoms with Crippen LogP contribution >= 0.6 is 35.0 Å². The first kappa shape index (κ1) is 26.4. The van der Waals surface area contributed by atoms with Crippen LogP contribution in [0.25, 0.3) is 0 Å². The number of anilines is 1. The molecule has 0 unspecified atom stereocenters. The number of amides is 1. The summed E-state index contributed by atoms with van der Waals surface area (Å²) in [5.41, 5.74) is 2.37. The molecule has 188 valence electrons. The van der Waals surface area contributed by atoms with Crippen LogP contribution in [-0.4, -0.2) is 17.6 Å². The summed E-state index contributed by atoms with van der Waals surface area (Å²) in [6.45, 7) is 1.81. The summed E-state index contributed by atoms with van der Waals surface area (Å²) in [7, 11) is 0. The van der Waals surface area contributed by atoms with E-state index >= 15 is 0 Å². The standard InChI is InChI=1S/C27H21Cl2N3O4S/c1-16-24(27(34)36-14-17-6-3-2-4-7-17)25(22-8-5-11-35-22)19(13-30)26(31-16)37-15-23(33)32-18-9-10-20(28)21(29)12-18/h2-12,25,31H,14-15H2,1H3,(H,32,33)/t25-/m1/s1. The minimum absolute atomic E-state index is 0.000297. The Bertz CT molecular complexity index is 1410. The number of halogens is 2. The largest absolute Gasteiger partial charge is 0.468 e. The number of nitriles is 1. The summed E-state index contributed by atoms with van der Waals surface area (Å²) in [5, 5.41) is 17.1. The van der Waals surface area contributed by atoms with Crippen LogP contribution in [0.15, 0.2) is 93.2 Å². The summed E-state index contributed by atoms with van der Waals surface area (Å²) >= 11 is 13.1. The highest BCUT2D eigenvalue weighted by Crippen LogP contribution is 2.41. The molecule has 0 spiro atoms. The smallest absolute Gasteiger partial charge is 0.337 e. The Morgan fingerprint density at radius 2 is 1.92 bits per heavy atom. The number of furan rings is 1. The van der Waals surface area contributed by atoms with Gasteiger partial charge in [-0.2, -0.15) is 5.26 Å². The fraction of sp³-hybridized carbons (Fsp3) is 0.148. The first-order valence-electron chi connectivity index (χ1n) is 11.1. The van der Waals surface area contributed by atoms with Gasteiger partial charge in [0.1, 0.15) is 12.4 Å². The summed E-state index contributed by atoms with van der Waals surface area (Å²) in [6.07, 6.45) is 1.48. The fourth-order valence-electron chi connectivity index (χ4n) is 3.75. The van der Waals surface area contributed by atoms with E-state index < -0.39 is 11.9 Å². The number of rotatable bonds is 8. The number of nitrogens with one attached hydrogen (secondary N) is 2. The number of benzene rings is 2. The third kappa shape index (κ3) is 6.38. The molecular formula is C27H21Cl2N3O4S. The van der Waals surface area contributed by atoms with Gasteiger partial charge in [-0.15, -0.1) is 0 Å². The first-order valence-corrected chi connectivity index (χ1v) is 12.9. The number of esters is 1. The quantitative estimate of drug-likeness (QED) is 0.311. The maximum Gasteiger partial charge on any atom is 0.337 e. The van der Waals surface area contributed by atoms with Crippen LogP contribution < -0.4 is 10.6 Å². The summed E-state index contributed by atoms with van der Waals surface area (Å²) in [5.74, 6) is -1.24. The number of dihydropyridines is 1. The molecule has 1 aliphatic rings. The molecule has 2 N–H and O–H groups in total. The van der Waals surface area contributed by atoms with Gasteiger partial charge in [-0.1, -0.05) is 65.3 Å². The average Bonchev–Trinajstić information content (AvgIpc) is 3.43. The molecular weight excluding hydrogens is 533 g/mol. The topological polar surface area (TPSA) is 104 Å². The maximum atomic E-state index is 13.2. The van der Waals surface area contributed by atoms with Gasteiger partial charge < -0.3 is 19.8 Å². The zero-order chi connectivity index (χ0) is 26.4. The molecule has 37 heavy (non-hydrogen) atoms. The number of hydrogen-bond acceptors (Lipinski definition) is 7. The molecule has 0 radical (unpaired) electrons. The van der Waals surface area contributed by atoms with Crippen LogP contribution in [0, 0.1) is 11.3 Å². The zero-order valence-corrected chi connectivity index (χ0v) is 21.9. The van der Waals surface area contributed by atoms with Crippen molar-refractivity contribution in [3.8, 4) is 6.07 Å². The number of thioether (sulfide) groups is 1. The number of ether oxygens (including phenoxy) is 1. The molecule has 0 fully saturated rings. The lowest BCUT2D eigenvalue weighted by Crippen LogP contribution is -2.29. The Morgan fingerprint density at radius 3 is 2.59 bits per heavy atom. The van der Waals surface area contributed by atoms with Crippen molar-refractivity contribution >= 4 is 52.5 Å². The molecule has 2 aromatic carbocycles. The Kier molecular flexibility index (Phi) is 8.62. The van der Waals surface area contributed by atoms with E-state index in [1.807, 2.05) is 30.3 Å². The van der Waals surface area contributed by atoms with E-state index in [4.69, 9.17) is 32.4 Å². The van der Waals surface area contributed by atoms with Crippen molar-refractivity contribution in [2.45, 2.75) is 19.4 Å². The van der Waals surface area contributed by atoms with E-state index in [1.165, 1.54) is 6.26 Å². The summed E-state index contributed by atoms with van der Waals surface area (Å²) < 4.78 is 11.2. The van der Waals surface area contributed by atoms with E-state index in [0.717, 1.165) is 17.3 Å². The summed E-state index contributed by atoms with van der Waals surface area (Å²) in [6, 6.07) is 19.7. The number of nitrogens with zero attached hydrogens (tertiary/aromatic N) is 1. The van der Waals surface area contributed by atoms with E-state index in [0.29, 0.717) is 32.2 Å². The van der Waals surface area contributed by atoms with Gasteiger partial charge >= 0.3 is 5.97 Å². The normalized spacial score (nSPS) is 15.1. The number of carbonyl (C=O) groups is 2. The molecule has 1 atom stereocenters. The highest BCUT2D eigenvalue weighted by molar-refractivity contribution is 8.03. The molecule has 0 aliphatic carbocycles. The van der Waals surface area contributed by atoms with E-state index in [2.05, 4.69) is 16.7 Å². The SMILES string of the molecule is CC1=C(C(=O)OCc2ccccc2)[C@@H](c2ccco2)C(C#N)=C(SCC(=O)Nc2ccc(Cl)c(Cl)c2)N1. The van der Waals surface area contributed by atoms with Crippen molar-refractivity contribution in [2.75, 3.05) is 11.1 Å². The second kappa shape index (κ2) is 12.1. The fourth-order valence-corrected chi connectivity index (χ4v) is 4.94. The highest BCUT2D eigenvalue weighted by atomic mass is 35.5. The van der Waals surface area contributed by atoms with Gasteiger partial charge in [0.25, 0.3) is 0 Å². The van der Waals surface area contributed by atoms with Gasteiger partial charge in [-0.25, -0.2) is 4.79 Å². The van der Waals surface area contributed by atoms with Crippen molar-refractivity contribution in [3.05, 3.63) is 110 Å². The third-order valence-electron chi connectivity index (χ3n) is 5.46. The lowest BCUT2D eigenvalue weighted by atomic mass is 9.86.